The number of piperazine rings is 1. The quantitative estimate of drug-likeness (QED) is 0.672. The SMILES string of the molecule is COc1ccc(/C=C/C(=O)CCN2CCN(Cc3ccccc3)CC2)cc1. The van der Waals surface area contributed by atoms with Crippen LogP contribution in [0.15, 0.2) is 60.7 Å². The summed E-state index contributed by atoms with van der Waals surface area (Å²) in [6.45, 7) is 6.03. The van der Waals surface area contributed by atoms with Crippen molar-refractivity contribution in [3.05, 3.63) is 71.8 Å². The second-order valence-electron chi connectivity index (χ2n) is 6.93. The molecule has 27 heavy (non-hydrogen) atoms. The van der Waals surface area contributed by atoms with Crippen molar-refractivity contribution in [3.63, 3.8) is 0 Å². The number of rotatable bonds is 8. The Morgan fingerprint density at radius 1 is 0.963 bits per heavy atom. The average molecular weight is 364 g/mol. The van der Waals surface area contributed by atoms with Gasteiger partial charge in [0.2, 0.25) is 0 Å². The fourth-order valence-corrected chi connectivity index (χ4v) is 3.27. The topological polar surface area (TPSA) is 32.8 Å². The molecule has 1 fully saturated rings. The smallest absolute Gasteiger partial charge is 0.156 e. The van der Waals surface area contributed by atoms with Gasteiger partial charge in [0.25, 0.3) is 0 Å². The van der Waals surface area contributed by atoms with E-state index in [-0.39, 0.29) is 5.78 Å². The molecule has 0 amide bonds. The van der Waals surface area contributed by atoms with E-state index in [9.17, 15) is 4.79 Å². The molecule has 0 bridgehead atoms. The van der Waals surface area contributed by atoms with Gasteiger partial charge in [-0.15, -0.1) is 0 Å². The maximum Gasteiger partial charge on any atom is 0.156 e. The maximum absolute atomic E-state index is 12.1. The molecule has 4 nitrogen and oxygen atoms in total. The Kier molecular flexibility index (Phi) is 7.19. The van der Waals surface area contributed by atoms with E-state index < -0.39 is 0 Å². The van der Waals surface area contributed by atoms with Gasteiger partial charge in [-0.1, -0.05) is 48.5 Å². The molecule has 0 aromatic heterocycles. The number of ether oxygens (including phenoxy) is 1. The molecule has 1 aliphatic rings. The van der Waals surface area contributed by atoms with E-state index in [4.69, 9.17) is 4.74 Å². The minimum Gasteiger partial charge on any atom is -0.497 e. The highest BCUT2D eigenvalue weighted by atomic mass is 16.5. The highest BCUT2D eigenvalue weighted by Gasteiger charge is 2.17. The van der Waals surface area contributed by atoms with Crippen molar-refractivity contribution in [2.75, 3.05) is 39.8 Å². The monoisotopic (exact) mass is 364 g/mol. The summed E-state index contributed by atoms with van der Waals surface area (Å²) in [5, 5.41) is 0. The largest absolute Gasteiger partial charge is 0.497 e. The predicted molar refractivity (Wildman–Crippen MR) is 110 cm³/mol. The van der Waals surface area contributed by atoms with Gasteiger partial charge in [-0.2, -0.15) is 0 Å². The molecule has 3 rings (SSSR count). The first-order valence-corrected chi connectivity index (χ1v) is 9.56. The molecule has 0 atom stereocenters. The summed E-state index contributed by atoms with van der Waals surface area (Å²) < 4.78 is 5.14. The number of hydrogen-bond donors (Lipinski definition) is 0. The maximum atomic E-state index is 12.1. The van der Waals surface area contributed by atoms with Crippen LogP contribution in [0.5, 0.6) is 5.75 Å². The molecule has 2 aromatic rings. The zero-order valence-corrected chi connectivity index (χ0v) is 16.0. The van der Waals surface area contributed by atoms with Gasteiger partial charge < -0.3 is 9.64 Å². The summed E-state index contributed by atoms with van der Waals surface area (Å²) in [6, 6.07) is 18.3. The molecule has 1 saturated heterocycles. The molecule has 0 radical (unpaired) electrons. The van der Waals surface area contributed by atoms with Gasteiger partial charge in [0.1, 0.15) is 5.75 Å². The van der Waals surface area contributed by atoms with Crippen molar-refractivity contribution in [2.24, 2.45) is 0 Å². The Bertz CT molecular complexity index is 733. The first-order chi connectivity index (χ1) is 13.2. The number of nitrogens with zero attached hydrogens (tertiary/aromatic N) is 2. The summed E-state index contributed by atoms with van der Waals surface area (Å²) >= 11 is 0. The van der Waals surface area contributed by atoms with Crippen LogP contribution in [-0.4, -0.2) is 55.4 Å². The third kappa shape index (κ3) is 6.35. The van der Waals surface area contributed by atoms with E-state index in [0.29, 0.717) is 6.42 Å². The zero-order valence-electron chi connectivity index (χ0n) is 16.0. The predicted octanol–water partition coefficient (Wildman–Crippen LogP) is 3.49. The van der Waals surface area contributed by atoms with Crippen molar-refractivity contribution in [1.29, 1.82) is 0 Å². The van der Waals surface area contributed by atoms with E-state index in [1.165, 1.54) is 5.56 Å². The summed E-state index contributed by atoms with van der Waals surface area (Å²) in [5.74, 6) is 1.00. The molecular weight excluding hydrogens is 336 g/mol. The Morgan fingerprint density at radius 2 is 1.63 bits per heavy atom. The molecule has 0 N–H and O–H groups in total. The van der Waals surface area contributed by atoms with E-state index in [0.717, 1.165) is 50.6 Å². The first-order valence-electron chi connectivity index (χ1n) is 9.56. The van der Waals surface area contributed by atoms with Gasteiger partial charge in [-0.05, 0) is 29.3 Å². The van der Waals surface area contributed by atoms with Gasteiger partial charge in [0.15, 0.2) is 5.78 Å². The van der Waals surface area contributed by atoms with Crippen LogP contribution in [0.2, 0.25) is 0 Å². The van der Waals surface area contributed by atoms with Crippen LogP contribution in [0.4, 0.5) is 0 Å². The number of carbonyl (C=O) groups is 1. The van der Waals surface area contributed by atoms with Gasteiger partial charge in [-0.3, -0.25) is 9.69 Å². The number of ketones is 1. The first kappa shape index (κ1) is 19.3. The molecule has 0 saturated carbocycles. The van der Waals surface area contributed by atoms with Crippen molar-refractivity contribution >= 4 is 11.9 Å². The molecule has 1 aliphatic heterocycles. The Labute approximate surface area is 162 Å². The van der Waals surface area contributed by atoms with Crippen LogP contribution in [0.3, 0.4) is 0 Å². The van der Waals surface area contributed by atoms with Crippen molar-refractivity contribution in [2.45, 2.75) is 13.0 Å². The molecule has 0 aliphatic carbocycles. The Balaban J connectivity index is 1.36. The Morgan fingerprint density at radius 3 is 2.30 bits per heavy atom. The highest BCUT2D eigenvalue weighted by molar-refractivity contribution is 5.93. The standard InChI is InChI=1S/C23H28N2O2/c1-27-23-11-8-20(9-12-23)7-10-22(26)13-14-24-15-17-25(18-16-24)19-21-5-3-2-4-6-21/h2-12H,13-19H2,1H3/b10-7+. The highest BCUT2D eigenvalue weighted by Crippen LogP contribution is 2.13. The second-order valence-corrected chi connectivity index (χ2v) is 6.93. The minimum absolute atomic E-state index is 0.178. The number of hydrogen-bond acceptors (Lipinski definition) is 4. The molecule has 142 valence electrons. The molecular formula is C23H28N2O2. The molecule has 2 aromatic carbocycles. The van der Waals surface area contributed by atoms with E-state index in [1.807, 2.05) is 30.3 Å². The van der Waals surface area contributed by atoms with Crippen molar-refractivity contribution in [1.82, 2.24) is 9.80 Å². The summed E-state index contributed by atoms with van der Waals surface area (Å²) in [6.07, 6.45) is 4.14. The van der Waals surface area contributed by atoms with Gasteiger partial charge in [0, 0.05) is 45.7 Å². The van der Waals surface area contributed by atoms with E-state index in [1.54, 1.807) is 13.2 Å². The molecule has 4 heteroatoms. The van der Waals surface area contributed by atoms with Crippen LogP contribution in [0.1, 0.15) is 17.5 Å². The number of benzene rings is 2. The number of methoxy groups -OCH3 is 1. The van der Waals surface area contributed by atoms with E-state index >= 15 is 0 Å². The van der Waals surface area contributed by atoms with Crippen LogP contribution in [0, 0.1) is 0 Å². The van der Waals surface area contributed by atoms with Gasteiger partial charge in [-0.25, -0.2) is 0 Å². The van der Waals surface area contributed by atoms with Crippen molar-refractivity contribution < 1.29 is 9.53 Å². The summed E-state index contributed by atoms with van der Waals surface area (Å²) in [5.41, 5.74) is 2.38. The second kappa shape index (κ2) is 10.0. The lowest BCUT2D eigenvalue weighted by molar-refractivity contribution is -0.114. The number of allylic oxidation sites excluding steroid dienone is 1. The molecule has 0 unspecified atom stereocenters. The van der Waals surface area contributed by atoms with Crippen LogP contribution in [0.25, 0.3) is 6.08 Å². The fourth-order valence-electron chi connectivity index (χ4n) is 3.27. The lowest BCUT2D eigenvalue weighted by atomic mass is 10.1. The summed E-state index contributed by atoms with van der Waals surface area (Å²) in [7, 11) is 1.65. The van der Waals surface area contributed by atoms with Crippen LogP contribution < -0.4 is 4.74 Å². The average Bonchev–Trinajstić information content (AvgIpc) is 2.73. The lowest BCUT2D eigenvalue weighted by Gasteiger charge is -2.34. The van der Waals surface area contributed by atoms with E-state index in [2.05, 4.69) is 40.1 Å². The molecule has 1 heterocycles. The van der Waals surface area contributed by atoms with Crippen LogP contribution >= 0.6 is 0 Å². The number of carbonyl (C=O) groups excluding carboxylic acids is 1. The van der Waals surface area contributed by atoms with Gasteiger partial charge >= 0.3 is 0 Å². The molecule has 0 spiro atoms. The zero-order chi connectivity index (χ0) is 18.9. The van der Waals surface area contributed by atoms with Crippen molar-refractivity contribution in [3.8, 4) is 5.75 Å². The third-order valence-electron chi connectivity index (χ3n) is 4.97. The summed E-state index contributed by atoms with van der Waals surface area (Å²) in [4.78, 5) is 17.0. The lowest BCUT2D eigenvalue weighted by Crippen LogP contribution is -2.46. The van der Waals surface area contributed by atoms with Crippen LogP contribution in [-0.2, 0) is 11.3 Å². The fraction of sp³-hybridized carbons (Fsp3) is 0.348. The normalized spacial score (nSPS) is 15.9. The minimum atomic E-state index is 0.178. The third-order valence-corrected chi connectivity index (χ3v) is 4.97. The Hall–Kier alpha value is -2.43. The van der Waals surface area contributed by atoms with Gasteiger partial charge in [0.05, 0.1) is 7.11 Å².